The van der Waals surface area contributed by atoms with Crippen molar-refractivity contribution in [2.24, 2.45) is 84.2 Å². The molecule has 0 spiro atoms. The maximum Gasteiger partial charge on any atom is 0.405 e. The van der Waals surface area contributed by atoms with Crippen LogP contribution >= 0.6 is 7.75 Å². The Morgan fingerprint density at radius 1 is 0.883 bits per heavy atom. The van der Waals surface area contributed by atoms with Crippen LogP contribution in [0.15, 0.2) is 50.9 Å². The first kappa shape index (κ1) is 47.8. The Hall–Kier alpha value is -3.29. The van der Waals surface area contributed by atoms with Gasteiger partial charge in [0.15, 0.2) is 11.9 Å². The summed E-state index contributed by atoms with van der Waals surface area (Å²) in [6, 6.07) is 7.36. The van der Waals surface area contributed by atoms with E-state index in [4.69, 9.17) is 41.5 Å². The lowest BCUT2D eigenvalue weighted by molar-refractivity contribution is -0.0594. The monoisotopic (exact) mass is 855 g/mol. The minimum absolute atomic E-state index is 0.0274. The predicted molar refractivity (Wildman–Crippen MR) is 241 cm³/mol. The lowest BCUT2D eigenvalue weighted by Crippen LogP contribution is -2.51. The number of aliphatic imine (C=N–C) groups is 3. The van der Waals surface area contributed by atoms with Crippen molar-refractivity contribution in [1.82, 2.24) is 5.09 Å². The van der Waals surface area contributed by atoms with Crippen molar-refractivity contribution in [2.75, 3.05) is 52.6 Å². The number of rotatable bonds is 23. The second-order valence-electron chi connectivity index (χ2n) is 18.5. The molecule has 3 saturated carbocycles. The number of guanidine groups is 2. The zero-order valence-electron chi connectivity index (χ0n) is 37.0. The number of hydrogen-bond acceptors (Lipinski definition) is 9. The molecule has 1 aromatic rings. The standard InChI is InChI=1S/C45H75N8O6P/c1-31(2)7-6-8-32(3)38-15-16-39-37-14-13-35-29-36(17-19-44(35,4)40(37)18-20-45(38,39)5)59-41(54)34-11-9-33(10-12-34)30-50-21-25-56-26-24-53-60(55,57-27-22-51-42(46)47)58-28-23-52-43(48)49/h9-13,30-32,36-40H,6-8,14-29H2,1-5H3,(H,53,55)(H4,46,47,51)(H4,48,49,52). The summed E-state index contributed by atoms with van der Waals surface area (Å²) in [6.45, 7) is 13.8. The first-order valence-corrected chi connectivity index (χ1v) is 24.0. The molecule has 0 amide bonds. The summed E-state index contributed by atoms with van der Waals surface area (Å²) < 4.78 is 35.6. The van der Waals surface area contributed by atoms with Gasteiger partial charge in [-0.05, 0) is 109 Å². The first-order chi connectivity index (χ1) is 28.6. The Labute approximate surface area is 359 Å². The van der Waals surface area contributed by atoms with Crippen LogP contribution in [0.4, 0.5) is 0 Å². The Kier molecular flexibility index (Phi) is 17.7. The second kappa shape index (κ2) is 22.2. The van der Waals surface area contributed by atoms with E-state index in [1.165, 1.54) is 56.9 Å². The molecule has 0 heterocycles. The molecule has 4 aliphatic rings. The number of carbonyl (C=O) groups is 1. The molecule has 5 rings (SSSR count). The minimum Gasteiger partial charge on any atom is -0.458 e. The second-order valence-corrected chi connectivity index (χ2v) is 20.3. The number of fused-ring (bicyclic) bond motifs is 5. The number of carbonyl (C=O) groups excluding carboxylic acids is 1. The van der Waals surface area contributed by atoms with Crippen LogP contribution in [0.2, 0.25) is 0 Å². The number of nitrogens with zero attached hydrogens (tertiary/aromatic N) is 3. The summed E-state index contributed by atoms with van der Waals surface area (Å²) in [5.41, 5.74) is 25.0. The largest absolute Gasteiger partial charge is 0.458 e. The number of allylic oxidation sites excluding steroid dienone is 1. The smallest absolute Gasteiger partial charge is 0.405 e. The van der Waals surface area contributed by atoms with Crippen LogP contribution in [0.5, 0.6) is 0 Å². The van der Waals surface area contributed by atoms with E-state index in [2.05, 4.69) is 60.8 Å². The van der Waals surface area contributed by atoms with Gasteiger partial charge in [0.05, 0.1) is 51.6 Å². The van der Waals surface area contributed by atoms with E-state index in [9.17, 15) is 9.36 Å². The summed E-state index contributed by atoms with van der Waals surface area (Å²) in [5, 5.41) is 2.76. The molecular formula is C45H75N8O6P. The molecule has 8 unspecified atom stereocenters. The van der Waals surface area contributed by atoms with Gasteiger partial charge in [0.25, 0.3) is 0 Å². The van der Waals surface area contributed by atoms with Crippen LogP contribution in [0.1, 0.15) is 121 Å². The van der Waals surface area contributed by atoms with Crippen LogP contribution < -0.4 is 28.0 Å². The van der Waals surface area contributed by atoms with E-state index in [-0.39, 0.29) is 68.9 Å². The Bertz CT molecular complexity index is 1680. The van der Waals surface area contributed by atoms with Gasteiger partial charge in [-0.25, -0.2) is 14.4 Å². The fourth-order valence-corrected chi connectivity index (χ4v) is 12.4. The van der Waals surface area contributed by atoms with Gasteiger partial charge >= 0.3 is 13.7 Å². The van der Waals surface area contributed by atoms with Crippen LogP contribution in [0, 0.1) is 46.3 Å². The summed E-state index contributed by atoms with van der Waals surface area (Å²) in [6.07, 6.45) is 18.0. The third-order valence-electron chi connectivity index (χ3n) is 14.1. The Balaban J connectivity index is 1.02. The molecule has 8 atom stereocenters. The van der Waals surface area contributed by atoms with Gasteiger partial charge in [-0.2, -0.15) is 0 Å². The topological polar surface area (TPSA) is 224 Å². The number of hydrogen-bond donors (Lipinski definition) is 5. The highest BCUT2D eigenvalue weighted by Crippen LogP contribution is 2.67. The number of benzene rings is 1. The minimum atomic E-state index is -3.69. The van der Waals surface area contributed by atoms with Gasteiger partial charge in [0.1, 0.15) is 6.10 Å². The molecule has 15 heteroatoms. The number of ether oxygens (including phenoxy) is 2. The molecule has 0 bridgehead atoms. The van der Waals surface area contributed by atoms with Gasteiger partial charge in [0, 0.05) is 19.2 Å². The summed E-state index contributed by atoms with van der Waals surface area (Å²) in [7, 11) is -3.69. The normalized spacial score (nSPS) is 28.0. The molecule has 14 nitrogen and oxygen atoms in total. The van der Waals surface area contributed by atoms with E-state index in [1.54, 1.807) is 18.3 Å². The van der Waals surface area contributed by atoms with Gasteiger partial charge < -0.3 is 32.4 Å². The fourth-order valence-electron chi connectivity index (χ4n) is 11.1. The van der Waals surface area contributed by atoms with Crippen molar-refractivity contribution < 1.29 is 27.9 Å². The molecule has 0 aliphatic heterocycles. The van der Waals surface area contributed by atoms with E-state index < -0.39 is 7.75 Å². The van der Waals surface area contributed by atoms with Crippen molar-refractivity contribution in [3.8, 4) is 0 Å². The average molecular weight is 855 g/mol. The van der Waals surface area contributed by atoms with Crippen molar-refractivity contribution >= 4 is 31.8 Å². The lowest BCUT2D eigenvalue weighted by Gasteiger charge is -2.58. The van der Waals surface area contributed by atoms with Crippen molar-refractivity contribution in [2.45, 2.75) is 111 Å². The zero-order chi connectivity index (χ0) is 43.3. The lowest BCUT2D eigenvalue weighted by atomic mass is 9.47. The van der Waals surface area contributed by atoms with Crippen molar-refractivity contribution in [3.05, 3.63) is 47.0 Å². The van der Waals surface area contributed by atoms with Crippen molar-refractivity contribution in [1.29, 1.82) is 0 Å². The first-order valence-electron chi connectivity index (χ1n) is 22.5. The Morgan fingerprint density at radius 2 is 1.58 bits per heavy atom. The van der Waals surface area contributed by atoms with E-state index in [0.29, 0.717) is 24.1 Å². The Morgan fingerprint density at radius 3 is 2.25 bits per heavy atom. The van der Waals surface area contributed by atoms with Crippen LogP contribution in [-0.4, -0.2) is 82.8 Å². The van der Waals surface area contributed by atoms with E-state index >= 15 is 0 Å². The molecule has 1 aromatic carbocycles. The molecule has 60 heavy (non-hydrogen) atoms. The quantitative estimate of drug-likeness (QED) is 0.0189. The molecule has 3 fully saturated rings. The van der Waals surface area contributed by atoms with Gasteiger partial charge in [-0.3, -0.25) is 24.0 Å². The third kappa shape index (κ3) is 12.9. The summed E-state index contributed by atoms with van der Waals surface area (Å²) >= 11 is 0. The molecule has 0 saturated heterocycles. The zero-order valence-corrected chi connectivity index (χ0v) is 37.9. The van der Waals surface area contributed by atoms with E-state index in [1.807, 2.05) is 12.1 Å². The SMILES string of the molecule is CC(C)CCCC(C)C1CCC2C3CC=C4CC(OC(=O)c5ccc(C=NCCOCCNP(=O)(OCCN=C(N)N)OCCN=C(N)N)cc5)CCC4(C)C3CCC12C. The number of esters is 1. The van der Waals surface area contributed by atoms with Crippen LogP contribution in [0.25, 0.3) is 0 Å². The molecular weight excluding hydrogens is 780 g/mol. The molecule has 0 aromatic heterocycles. The maximum absolute atomic E-state index is 13.3. The number of nitrogens with two attached hydrogens (primary N) is 4. The van der Waals surface area contributed by atoms with Crippen molar-refractivity contribution in [3.63, 3.8) is 0 Å². The highest BCUT2D eigenvalue weighted by molar-refractivity contribution is 7.51. The maximum atomic E-state index is 13.3. The van der Waals surface area contributed by atoms with Gasteiger partial charge in [-0.1, -0.05) is 77.7 Å². The fraction of sp³-hybridized carbons (Fsp3) is 0.733. The van der Waals surface area contributed by atoms with Crippen LogP contribution in [-0.2, 0) is 23.1 Å². The van der Waals surface area contributed by atoms with Gasteiger partial charge in [-0.15, -0.1) is 0 Å². The average Bonchev–Trinajstić information content (AvgIpc) is 3.56. The summed E-state index contributed by atoms with van der Waals surface area (Å²) in [4.78, 5) is 25.4. The molecule has 336 valence electrons. The van der Waals surface area contributed by atoms with E-state index in [0.717, 1.165) is 60.3 Å². The molecule has 4 aliphatic carbocycles. The number of nitrogens with one attached hydrogen (secondary N) is 1. The molecule has 0 radical (unpaired) electrons. The van der Waals surface area contributed by atoms with Gasteiger partial charge in [0.2, 0.25) is 0 Å². The third-order valence-corrected chi connectivity index (χ3v) is 15.8. The summed E-state index contributed by atoms with van der Waals surface area (Å²) in [5.74, 6) is 4.41. The van der Waals surface area contributed by atoms with Crippen LogP contribution in [0.3, 0.4) is 0 Å². The predicted octanol–water partition coefficient (Wildman–Crippen LogP) is 6.97. The molecule has 9 N–H and O–H groups in total. The highest BCUT2D eigenvalue weighted by Gasteiger charge is 2.59. The highest BCUT2D eigenvalue weighted by atomic mass is 31.2.